The number of aromatic nitrogens is 3. The standard InChI is InChI=1S/C14H10FN3S2/c1-8-13(11-6-7-12(19)18-17-11)20-14(16-8)9-2-4-10(15)5-3-9/h2-7H,1H3,(H,18,19). The van der Waals surface area contributed by atoms with Crippen LogP contribution in [0.25, 0.3) is 21.1 Å². The van der Waals surface area contributed by atoms with Gasteiger partial charge in [-0.15, -0.1) is 11.3 Å². The van der Waals surface area contributed by atoms with Crippen molar-refractivity contribution in [3.8, 4) is 21.1 Å². The van der Waals surface area contributed by atoms with E-state index in [9.17, 15) is 4.39 Å². The highest BCUT2D eigenvalue weighted by Crippen LogP contribution is 2.33. The van der Waals surface area contributed by atoms with Gasteiger partial charge in [0.2, 0.25) is 0 Å². The highest BCUT2D eigenvalue weighted by Gasteiger charge is 2.12. The van der Waals surface area contributed by atoms with Crippen molar-refractivity contribution < 1.29 is 4.39 Å². The molecule has 0 fully saturated rings. The number of benzene rings is 1. The van der Waals surface area contributed by atoms with Crippen LogP contribution < -0.4 is 0 Å². The van der Waals surface area contributed by atoms with E-state index in [1.165, 1.54) is 23.5 Å². The summed E-state index contributed by atoms with van der Waals surface area (Å²) in [6.45, 7) is 1.93. The zero-order valence-electron chi connectivity index (χ0n) is 10.6. The van der Waals surface area contributed by atoms with Crippen molar-refractivity contribution in [2.45, 2.75) is 6.92 Å². The van der Waals surface area contributed by atoms with E-state index in [2.05, 4.69) is 15.2 Å². The van der Waals surface area contributed by atoms with Crippen molar-refractivity contribution >= 4 is 23.6 Å². The smallest absolute Gasteiger partial charge is 0.124 e. The topological polar surface area (TPSA) is 41.6 Å². The molecular weight excluding hydrogens is 293 g/mol. The largest absolute Gasteiger partial charge is 0.267 e. The van der Waals surface area contributed by atoms with Crippen molar-refractivity contribution in [3.05, 3.63) is 52.5 Å². The van der Waals surface area contributed by atoms with Gasteiger partial charge in [-0.05, 0) is 43.3 Å². The second kappa shape index (κ2) is 5.22. The van der Waals surface area contributed by atoms with E-state index in [1.54, 1.807) is 18.2 Å². The van der Waals surface area contributed by atoms with E-state index in [4.69, 9.17) is 12.2 Å². The van der Waals surface area contributed by atoms with Crippen LogP contribution in [-0.4, -0.2) is 15.2 Å². The van der Waals surface area contributed by atoms with Crippen molar-refractivity contribution in [3.63, 3.8) is 0 Å². The van der Waals surface area contributed by atoms with Crippen LogP contribution in [-0.2, 0) is 0 Å². The van der Waals surface area contributed by atoms with Crippen molar-refractivity contribution in [2.75, 3.05) is 0 Å². The molecule has 20 heavy (non-hydrogen) atoms. The van der Waals surface area contributed by atoms with Gasteiger partial charge in [-0.3, -0.25) is 5.10 Å². The molecule has 3 aromatic rings. The molecule has 2 aromatic heterocycles. The lowest BCUT2D eigenvalue weighted by Crippen LogP contribution is -1.86. The summed E-state index contributed by atoms with van der Waals surface area (Å²) in [6.07, 6.45) is 0. The Balaban J connectivity index is 2.05. The van der Waals surface area contributed by atoms with Gasteiger partial charge in [-0.25, -0.2) is 9.37 Å². The number of hydrogen-bond donors (Lipinski definition) is 1. The minimum Gasteiger partial charge on any atom is -0.267 e. The fourth-order valence-electron chi connectivity index (χ4n) is 1.82. The maximum Gasteiger partial charge on any atom is 0.124 e. The average molecular weight is 303 g/mol. The van der Waals surface area contributed by atoms with Gasteiger partial charge in [0.1, 0.15) is 21.2 Å². The number of hydrogen-bond acceptors (Lipinski definition) is 4. The summed E-state index contributed by atoms with van der Waals surface area (Å²) in [5, 5.41) is 7.84. The lowest BCUT2D eigenvalue weighted by atomic mass is 10.2. The van der Waals surface area contributed by atoms with E-state index in [0.29, 0.717) is 4.64 Å². The van der Waals surface area contributed by atoms with Gasteiger partial charge in [0.25, 0.3) is 0 Å². The Morgan fingerprint density at radius 1 is 1.15 bits per heavy atom. The van der Waals surface area contributed by atoms with Gasteiger partial charge in [-0.2, -0.15) is 5.10 Å². The summed E-state index contributed by atoms with van der Waals surface area (Å²) in [5.74, 6) is -0.250. The summed E-state index contributed by atoms with van der Waals surface area (Å²) in [5.41, 5.74) is 2.60. The molecule has 0 saturated carbocycles. The molecule has 0 spiro atoms. The Morgan fingerprint density at radius 3 is 2.55 bits per heavy atom. The predicted octanol–water partition coefficient (Wildman–Crippen LogP) is 4.38. The summed E-state index contributed by atoms with van der Waals surface area (Å²) in [4.78, 5) is 5.51. The number of H-pyrrole nitrogens is 1. The van der Waals surface area contributed by atoms with Crippen molar-refractivity contribution in [1.29, 1.82) is 0 Å². The first-order valence-electron chi connectivity index (χ1n) is 5.93. The van der Waals surface area contributed by atoms with E-state index in [-0.39, 0.29) is 5.82 Å². The van der Waals surface area contributed by atoms with Gasteiger partial charge < -0.3 is 0 Å². The molecule has 0 aliphatic rings. The molecule has 0 radical (unpaired) electrons. The first-order chi connectivity index (χ1) is 9.63. The third-order valence-corrected chi connectivity index (χ3v) is 4.26. The molecule has 3 rings (SSSR count). The van der Waals surface area contributed by atoms with E-state index in [1.807, 2.05) is 13.0 Å². The average Bonchev–Trinajstić information content (AvgIpc) is 2.82. The molecule has 0 amide bonds. The van der Waals surface area contributed by atoms with Gasteiger partial charge in [0.05, 0.1) is 10.6 Å². The Bertz CT molecular complexity index is 786. The molecule has 0 saturated heterocycles. The van der Waals surface area contributed by atoms with Gasteiger partial charge in [-0.1, -0.05) is 12.2 Å². The number of aromatic amines is 1. The van der Waals surface area contributed by atoms with Crippen LogP contribution in [0.3, 0.4) is 0 Å². The number of rotatable bonds is 2. The van der Waals surface area contributed by atoms with E-state index in [0.717, 1.165) is 26.8 Å². The Morgan fingerprint density at radius 2 is 1.90 bits per heavy atom. The molecule has 3 nitrogen and oxygen atoms in total. The van der Waals surface area contributed by atoms with Gasteiger partial charge in [0.15, 0.2) is 0 Å². The van der Waals surface area contributed by atoms with Crippen LogP contribution in [0.15, 0.2) is 36.4 Å². The normalized spacial score (nSPS) is 10.7. The van der Waals surface area contributed by atoms with Crippen LogP contribution >= 0.6 is 23.6 Å². The predicted molar refractivity (Wildman–Crippen MR) is 80.7 cm³/mol. The first kappa shape index (κ1) is 13.1. The minimum absolute atomic E-state index is 0.250. The summed E-state index contributed by atoms with van der Waals surface area (Å²) < 4.78 is 13.5. The van der Waals surface area contributed by atoms with E-state index < -0.39 is 0 Å². The number of aryl methyl sites for hydroxylation is 1. The fourth-order valence-corrected chi connectivity index (χ4v) is 2.98. The highest BCUT2D eigenvalue weighted by atomic mass is 32.1. The number of nitrogens with one attached hydrogen (secondary N) is 1. The maximum absolute atomic E-state index is 12.9. The molecule has 0 atom stereocenters. The second-order valence-corrected chi connectivity index (χ2v) is 5.69. The number of nitrogens with zero attached hydrogens (tertiary/aromatic N) is 2. The molecule has 0 aliphatic heterocycles. The zero-order valence-corrected chi connectivity index (χ0v) is 12.2. The molecular formula is C14H10FN3S2. The van der Waals surface area contributed by atoms with Gasteiger partial charge >= 0.3 is 0 Å². The minimum atomic E-state index is -0.250. The molecule has 0 aliphatic carbocycles. The zero-order chi connectivity index (χ0) is 14.1. The highest BCUT2D eigenvalue weighted by molar-refractivity contribution is 7.71. The summed E-state index contributed by atoms with van der Waals surface area (Å²) >= 11 is 6.51. The Hall–Kier alpha value is -1.92. The quantitative estimate of drug-likeness (QED) is 0.714. The number of halogens is 1. The van der Waals surface area contributed by atoms with Crippen LogP contribution in [0.4, 0.5) is 4.39 Å². The van der Waals surface area contributed by atoms with Crippen LogP contribution in [0.1, 0.15) is 5.69 Å². The van der Waals surface area contributed by atoms with Crippen LogP contribution in [0.2, 0.25) is 0 Å². The second-order valence-electron chi connectivity index (χ2n) is 4.25. The first-order valence-corrected chi connectivity index (χ1v) is 7.15. The summed E-state index contributed by atoms with van der Waals surface area (Å²) in [6, 6.07) is 9.99. The lowest BCUT2D eigenvalue weighted by molar-refractivity contribution is 0.628. The molecule has 2 heterocycles. The van der Waals surface area contributed by atoms with Crippen molar-refractivity contribution in [1.82, 2.24) is 15.2 Å². The fraction of sp³-hybridized carbons (Fsp3) is 0.0714. The summed E-state index contributed by atoms with van der Waals surface area (Å²) in [7, 11) is 0. The monoisotopic (exact) mass is 303 g/mol. The molecule has 0 bridgehead atoms. The Kier molecular flexibility index (Phi) is 3.42. The third kappa shape index (κ3) is 2.52. The van der Waals surface area contributed by atoms with Crippen LogP contribution in [0.5, 0.6) is 0 Å². The third-order valence-electron chi connectivity index (χ3n) is 2.80. The Labute approximate surface area is 124 Å². The lowest BCUT2D eigenvalue weighted by Gasteiger charge is -1.96. The molecule has 1 N–H and O–H groups in total. The molecule has 0 unspecified atom stereocenters. The van der Waals surface area contributed by atoms with Gasteiger partial charge in [0, 0.05) is 5.56 Å². The van der Waals surface area contributed by atoms with E-state index >= 15 is 0 Å². The number of thiazole rings is 1. The maximum atomic E-state index is 12.9. The molecule has 100 valence electrons. The SMILES string of the molecule is Cc1nc(-c2ccc(F)cc2)sc1-c1ccc(=S)[nH]n1. The molecule has 1 aromatic carbocycles. The van der Waals surface area contributed by atoms with Crippen LogP contribution in [0, 0.1) is 17.4 Å². The van der Waals surface area contributed by atoms with Crippen molar-refractivity contribution in [2.24, 2.45) is 0 Å². The molecule has 6 heteroatoms.